The molecule has 0 aliphatic heterocycles. The molecule has 0 saturated heterocycles. The summed E-state index contributed by atoms with van der Waals surface area (Å²) in [7, 11) is 0. The van der Waals surface area contributed by atoms with Gasteiger partial charge >= 0.3 is 0 Å². The number of hydrogen-bond acceptors (Lipinski definition) is 2. The molecule has 0 aromatic heterocycles. The zero-order valence-corrected chi connectivity index (χ0v) is 12.1. The lowest BCUT2D eigenvalue weighted by atomic mass is 10.2. The van der Waals surface area contributed by atoms with Crippen LogP contribution < -0.4 is 0 Å². The van der Waals surface area contributed by atoms with E-state index in [1.54, 1.807) is 17.0 Å². The topological polar surface area (TPSA) is 40.5 Å². The summed E-state index contributed by atoms with van der Waals surface area (Å²) >= 11 is 6.68. The highest BCUT2D eigenvalue weighted by molar-refractivity contribution is 9.11. The highest BCUT2D eigenvalue weighted by Crippen LogP contribution is 2.21. The van der Waals surface area contributed by atoms with E-state index in [9.17, 15) is 4.79 Å². The average Bonchev–Trinajstić information content (AvgIpc) is 2.23. The van der Waals surface area contributed by atoms with Crippen LogP contribution in [-0.4, -0.2) is 35.6 Å². The van der Waals surface area contributed by atoms with E-state index in [2.05, 4.69) is 31.9 Å². The van der Waals surface area contributed by atoms with Gasteiger partial charge in [0.1, 0.15) is 0 Å². The molecule has 1 N–H and O–H groups in total. The van der Waals surface area contributed by atoms with Crippen LogP contribution in [0.1, 0.15) is 17.3 Å². The number of rotatable bonds is 4. The minimum absolute atomic E-state index is 0.0191. The van der Waals surface area contributed by atoms with Gasteiger partial charge in [-0.2, -0.15) is 0 Å². The summed E-state index contributed by atoms with van der Waals surface area (Å²) in [6.45, 7) is 2.82. The molecule has 0 unspecified atom stereocenters. The predicted octanol–water partition coefficient (Wildman–Crippen LogP) is 2.67. The fourth-order valence-electron chi connectivity index (χ4n) is 1.38. The van der Waals surface area contributed by atoms with Crippen LogP contribution >= 0.6 is 31.9 Å². The summed E-state index contributed by atoms with van der Waals surface area (Å²) in [6, 6.07) is 5.42. The van der Waals surface area contributed by atoms with E-state index in [1.165, 1.54) is 0 Å². The van der Waals surface area contributed by atoms with Crippen LogP contribution in [0, 0.1) is 0 Å². The van der Waals surface area contributed by atoms with Gasteiger partial charge in [-0.05, 0) is 25.1 Å². The highest BCUT2D eigenvalue weighted by Gasteiger charge is 2.14. The van der Waals surface area contributed by atoms with Crippen molar-refractivity contribution in [2.45, 2.75) is 6.92 Å². The third-order valence-electron chi connectivity index (χ3n) is 2.15. The van der Waals surface area contributed by atoms with E-state index in [-0.39, 0.29) is 12.5 Å². The van der Waals surface area contributed by atoms with E-state index in [0.29, 0.717) is 18.7 Å². The number of aliphatic hydroxyl groups excluding tert-OH is 1. The first kappa shape index (κ1) is 13.7. The third kappa shape index (κ3) is 3.57. The molecule has 1 aromatic rings. The molecule has 0 aliphatic carbocycles. The minimum atomic E-state index is -0.0708. The van der Waals surface area contributed by atoms with Crippen LogP contribution in [0.15, 0.2) is 27.1 Å². The number of aliphatic hydroxyl groups is 1. The van der Waals surface area contributed by atoms with Gasteiger partial charge in [-0.15, -0.1) is 0 Å². The first-order chi connectivity index (χ1) is 7.58. The van der Waals surface area contributed by atoms with Crippen LogP contribution in [0.4, 0.5) is 0 Å². The number of amides is 1. The van der Waals surface area contributed by atoms with Crippen molar-refractivity contribution in [3.8, 4) is 0 Å². The summed E-state index contributed by atoms with van der Waals surface area (Å²) in [5, 5.41) is 8.86. The lowest BCUT2D eigenvalue weighted by Crippen LogP contribution is -2.33. The molecule has 0 saturated carbocycles. The van der Waals surface area contributed by atoms with Crippen molar-refractivity contribution < 1.29 is 9.90 Å². The Morgan fingerprint density at radius 3 is 2.31 bits per heavy atom. The van der Waals surface area contributed by atoms with Gasteiger partial charge in [0.2, 0.25) is 0 Å². The molecule has 0 bridgehead atoms. The van der Waals surface area contributed by atoms with Gasteiger partial charge in [-0.1, -0.05) is 31.9 Å². The number of hydrogen-bond donors (Lipinski definition) is 1. The largest absolute Gasteiger partial charge is 0.395 e. The monoisotopic (exact) mass is 349 g/mol. The lowest BCUT2D eigenvalue weighted by Gasteiger charge is -2.19. The molecule has 1 rings (SSSR count). The number of nitrogens with zero attached hydrogens (tertiary/aromatic N) is 1. The summed E-state index contributed by atoms with van der Waals surface area (Å²) in [5.41, 5.74) is 0.608. The van der Waals surface area contributed by atoms with Gasteiger partial charge < -0.3 is 10.0 Å². The van der Waals surface area contributed by atoms with Crippen LogP contribution in [0.5, 0.6) is 0 Å². The SMILES string of the molecule is CCN(CCO)C(=O)c1cc(Br)cc(Br)c1. The van der Waals surface area contributed by atoms with Crippen molar-refractivity contribution >= 4 is 37.8 Å². The van der Waals surface area contributed by atoms with Crippen LogP contribution in [0.2, 0.25) is 0 Å². The lowest BCUT2D eigenvalue weighted by molar-refractivity contribution is 0.0732. The maximum atomic E-state index is 12.0. The molecule has 88 valence electrons. The second kappa shape index (κ2) is 6.37. The molecule has 0 fully saturated rings. The van der Waals surface area contributed by atoms with Crippen molar-refractivity contribution in [1.29, 1.82) is 0 Å². The molecule has 0 heterocycles. The first-order valence-electron chi connectivity index (χ1n) is 4.94. The van der Waals surface area contributed by atoms with Crippen molar-refractivity contribution in [2.24, 2.45) is 0 Å². The molecule has 0 atom stereocenters. The number of benzene rings is 1. The molecule has 5 heteroatoms. The van der Waals surface area contributed by atoms with Gasteiger partial charge in [0.05, 0.1) is 6.61 Å². The number of carbonyl (C=O) groups excluding carboxylic acids is 1. The molecular weight excluding hydrogens is 338 g/mol. The number of likely N-dealkylation sites (N-methyl/N-ethyl adjacent to an activating group) is 1. The fraction of sp³-hybridized carbons (Fsp3) is 0.364. The normalized spacial score (nSPS) is 10.2. The maximum absolute atomic E-state index is 12.0. The predicted molar refractivity (Wildman–Crippen MR) is 70.5 cm³/mol. The fourth-order valence-corrected chi connectivity index (χ4v) is 2.68. The molecule has 0 aliphatic rings. The number of halogens is 2. The first-order valence-corrected chi connectivity index (χ1v) is 6.53. The Labute approximate surface area is 112 Å². The molecule has 3 nitrogen and oxygen atoms in total. The van der Waals surface area contributed by atoms with E-state index >= 15 is 0 Å². The van der Waals surface area contributed by atoms with Crippen LogP contribution in [0.3, 0.4) is 0 Å². The Morgan fingerprint density at radius 1 is 1.31 bits per heavy atom. The maximum Gasteiger partial charge on any atom is 0.254 e. The van der Waals surface area contributed by atoms with E-state index in [0.717, 1.165) is 8.95 Å². The highest BCUT2D eigenvalue weighted by atomic mass is 79.9. The zero-order chi connectivity index (χ0) is 12.1. The zero-order valence-electron chi connectivity index (χ0n) is 8.91. The molecule has 0 radical (unpaired) electrons. The summed E-state index contributed by atoms with van der Waals surface area (Å²) in [4.78, 5) is 13.6. The summed E-state index contributed by atoms with van der Waals surface area (Å²) < 4.78 is 1.70. The Kier molecular flexibility index (Phi) is 5.44. The Balaban J connectivity index is 2.94. The Hall–Kier alpha value is -0.390. The molecule has 0 spiro atoms. The smallest absolute Gasteiger partial charge is 0.254 e. The summed E-state index contributed by atoms with van der Waals surface area (Å²) in [5.74, 6) is -0.0708. The van der Waals surface area contributed by atoms with Crippen molar-refractivity contribution in [1.82, 2.24) is 4.90 Å². The van der Waals surface area contributed by atoms with E-state index < -0.39 is 0 Å². The third-order valence-corrected chi connectivity index (χ3v) is 3.06. The van der Waals surface area contributed by atoms with Crippen molar-refractivity contribution in [3.63, 3.8) is 0 Å². The number of carbonyl (C=O) groups is 1. The van der Waals surface area contributed by atoms with Gasteiger partial charge in [0, 0.05) is 27.6 Å². The summed E-state index contributed by atoms with van der Waals surface area (Å²) in [6.07, 6.45) is 0. The molecule has 1 aromatic carbocycles. The van der Waals surface area contributed by atoms with Crippen molar-refractivity contribution in [3.05, 3.63) is 32.7 Å². The van der Waals surface area contributed by atoms with Crippen LogP contribution in [0.25, 0.3) is 0 Å². The second-order valence-electron chi connectivity index (χ2n) is 3.27. The van der Waals surface area contributed by atoms with Gasteiger partial charge in [-0.25, -0.2) is 0 Å². The molecular formula is C11H13Br2NO2. The van der Waals surface area contributed by atoms with Gasteiger partial charge in [-0.3, -0.25) is 4.79 Å². The Bertz CT molecular complexity index is 362. The van der Waals surface area contributed by atoms with Crippen LogP contribution in [-0.2, 0) is 0 Å². The van der Waals surface area contributed by atoms with E-state index in [4.69, 9.17) is 5.11 Å². The van der Waals surface area contributed by atoms with Gasteiger partial charge in [0.25, 0.3) is 5.91 Å². The van der Waals surface area contributed by atoms with Gasteiger partial charge in [0.15, 0.2) is 0 Å². The quantitative estimate of drug-likeness (QED) is 0.906. The standard InChI is InChI=1S/C11H13Br2NO2/c1-2-14(3-4-15)11(16)8-5-9(12)7-10(13)6-8/h5-7,15H,2-4H2,1H3. The van der Waals surface area contributed by atoms with E-state index in [1.807, 2.05) is 13.0 Å². The minimum Gasteiger partial charge on any atom is -0.395 e. The second-order valence-corrected chi connectivity index (χ2v) is 5.10. The Morgan fingerprint density at radius 2 is 1.88 bits per heavy atom. The molecule has 16 heavy (non-hydrogen) atoms. The van der Waals surface area contributed by atoms with Crippen molar-refractivity contribution in [2.75, 3.05) is 19.7 Å². The molecule has 1 amide bonds. The average molecular weight is 351 g/mol.